The molecule has 1 atom stereocenters. The number of nitrogens with two attached hydrogens (primary N) is 1. The number of hydrogen-bond donors (Lipinski definition) is 2. The highest BCUT2D eigenvalue weighted by Crippen LogP contribution is 2.05. The zero-order valence-corrected chi connectivity index (χ0v) is 11.0. The van der Waals surface area contributed by atoms with Gasteiger partial charge in [-0.3, -0.25) is 4.79 Å². The Kier molecular flexibility index (Phi) is 7.34. The summed E-state index contributed by atoms with van der Waals surface area (Å²) < 4.78 is 5.36. The van der Waals surface area contributed by atoms with Crippen LogP contribution in [-0.4, -0.2) is 31.2 Å². The molecule has 0 saturated heterocycles. The minimum Gasteiger partial charge on any atom is -0.366 e. The molecule has 0 spiro atoms. The van der Waals surface area contributed by atoms with Crippen molar-refractivity contribution in [2.75, 3.05) is 19.7 Å². The molecule has 0 aromatic heterocycles. The molecule has 16 heavy (non-hydrogen) atoms. The van der Waals surface area contributed by atoms with Crippen molar-refractivity contribution < 1.29 is 9.53 Å². The Bertz CT molecular complexity index is 200. The van der Waals surface area contributed by atoms with Crippen molar-refractivity contribution >= 4 is 5.91 Å². The van der Waals surface area contributed by atoms with Gasteiger partial charge in [0, 0.05) is 6.54 Å². The molecule has 3 N–H and O–H groups in total. The van der Waals surface area contributed by atoms with E-state index >= 15 is 0 Å². The van der Waals surface area contributed by atoms with Crippen molar-refractivity contribution in [3.8, 4) is 0 Å². The highest BCUT2D eigenvalue weighted by molar-refractivity contribution is 5.77. The molecule has 0 heterocycles. The summed E-state index contributed by atoms with van der Waals surface area (Å²) in [6.07, 6.45) is 2.02. The first-order chi connectivity index (χ1) is 7.35. The fourth-order valence-corrected chi connectivity index (χ4v) is 1.13. The van der Waals surface area contributed by atoms with Gasteiger partial charge in [0.05, 0.1) is 5.60 Å². The van der Waals surface area contributed by atoms with E-state index in [2.05, 4.69) is 12.2 Å². The average molecular weight is 230 g/mol. The minimum atomic E-state index is -0.259. The molecule has 1 amide bonds. The third-order valence-electron chi connectivity index (χ3n) is 2.23. The lowest BCUT2D eigenvalue weighted by atomic mass is 10.1. The lowest BCUT2D eigenvalue weighted by Gasteiger charge is -2.19. The number of rotatable bonds is 7. The predicted octanol–water partition coefficient (Wildman–Crippen LogP) is 1.29. The van der Waals surface area contributed by atoms with Gasteiger partial charge < -0.3 is 15.8 Å². The number of carbonyl (C=O) groups excluding carboxylic acids is 1. The van der Waals surface area contributed by atoms with E-state index in [9.17, 15) is 4.79 Å². The number of ether oxygens (including phenoxy) is 1. The smallest absolute Gasteiger partial charge is 0.246 e. The van der Waals surface area contributed by atoms with Crippen LogP contribution in [0.4, 0.5) is 0 Å². The molecule has 0 aliphatic rings. The third kappa shape index (κ3) is 9.93. The fourth-order valence-electron chi connectivity index (χ4n) is 1.13. The summed E-state index contributed by atoms with van der Waals surface area (Å²) >= 11 is 0. The molecule has 0 aromatic rings. The van der Waals surface area contributed by atoms with Crippen LogP contribution in [0.1, 0.15) is 40.5 Å². The Morgan fingerprint density at radius 3 is 2.56 bits per heavy atom. The van der Waals surface area contributed by atoms with E-state index in [-0.39, 0.29) is 18.1 Å². The standard InChI is InChI=1S/C12H26N2O2/c1-10(8-13)6-5-7-14-11(15)9-16-12(2,3)4/h10H,5-9,13H2,1-4H3,(H,14,15). The van der Waals surface area contributed by atoms with E-state index in [0.717, 1.165) is 12.8 Å². The van der Waals surface area contributed by atoms with Crippen molar-refractivity contribution in [1.82, 2.24) is 5.32 Å². The lowest BCUT2D eigenvalue weighted by Crippen LogP contribution is -2.32. The summed E-state index contributed by atoms with van der Waals surface area (Å²) in [5.41, 5.74) is 5.24. The normalized spacial score (nSPS) is 13.6. The molecular weight excluding hydrogens is 204 g/mol. The van der Waals surface area contributed by atoms with E-state index in [1.165, 1.54) is 0 Å². The Balaban J connectivity index is 3.45. The number of nitrogens with one attached hydrogen (secondary N) is 1. The fraction of sp³-hybridized carbons (Fsp3) is 0.917. The van der Waals surface area contributed by atoms with Crippen LogP contribution >= 0.6 is 0 Å². The van der Waals surface area contributed by atoms with E-state index in [1.807, 2.05) is 20.8 Å². The van der Waals surface area contributed by atoms with Crippen LogP contribution in [0.5, 0.6) is 0 Å². The molecule has 0 rings (SSSR count). The summed E-state index contributed by atoms with van der Waals surface area (Å²) in [5.74, 6) is 0.484. The van der Waals surface area contributed by atoms with E-state index in [0.29, 0.717) is 19.0 Å². The van der Waals surface area contributed by atoms with Crippen LogP contribution in [0, 0.1) is 5.92 Å². The van der Waals surface area contributed by atoms with Gasteiger partial charge in [0.2, 0.25) is 5.91 Å². The van der Waals surface area contributed by atoms with Crippen molar-refractivity contribution in [3.63, 3.8) is 0 Å². The van der Waals surface area contributed by atoms with Crippen molar-refractivity contribution in [3.05, 3.63) is 0 Å². The number of carbonyl (C=O) groups is 1. The summed E-state index contributed by atoms with van der Waals surface area (Å²) in [4.78, 5) is 11.3. The van der Waals surface area contributed by atoms with Gasteiger partial charge in [-0.15, -0.1) is 0 Å². The highest BCUT2D eigenvalue weighted by atomic mass is 16.5. The monoisotopic (exact) mass is 230 g/mol. The zero-order valence-electron chi connectivity index (χ0n) is 11.0. The van der Waals surface area contributed by atoms with Gasteiger partial charge >= 0.3 is 0 Å². The molecule has 0 aliphatic carbocycles. The van der Waals surface area contributed by atoms with Gasteiger partial charge in [-0.2, -0.15) is 0 Å². The van der Waals surface area contributed by atoms with E-state index in [1.54, 1.807) is 0 Å². The number of hydrogen-bond acceptors (Lipinski definition) is 3. The second kappa shape index (κ2) is 7.63. The maximum Gasteiger partial charge on any atom is 0.246 e. The Hall–Kier alpha value is -0.610. The van der Waals surface area contributed by atoms with Crippen molar-refractivity contribution in [2.24, 2.45) is 11.7 Å². The summed E-state index contributed by atoms with van der Waals surface area (Å²) in [6, 6.07) is 0. The van der Waals surface area contributed by atoms with E-state index < -0.39 is 0 Å². The van der Waals surface area contributed by atoms with Crippen LogP contribution in [0.2, 0.25) is 0 Å². The Labute approximate surface area is 98.9 Å². The first kappa shape index (κ1) is 15.4. The average Bonchev–Trinajstić information content (AvgIpc) is 2.20. The quantitative estimate of drug-likeness (QED) is 0.648. The highest BCUT2D eigenvalue weighted by Gasteiger charge is 2.12. The second-order valence-electron chi connectivity index (χ2n) is 5.23. The summed E-state index contributed by atoms with van der Waals surface area (Å²) in [5, 5.41) is 2.83. The van der Waals surface area contributed by atoms with Crippen LogP contribution in [0.3, 0.4) is 0 Å². The molecule has 0 radical (unpaired) electrons. The van der Waals surface area contributed by atoms with Crippen molar-refractivity contribution in [2.45, 2.75) is 46.1 Å². The lowest BCUT2D eigenvalue weighted by molar-refractivity contribution is -0.130. The topological polar surface area (TPSA) is 64.3 Å². The molecule has 4 nitrogen and oxygen atoms in total. The van der Waals surface area contributed by atoms with Crippen molar-refractivity contribution in [1.29, 1.82) is 0 Å². The van der Waals surface area contributed by atoms with Gasteiger partial charge in [0.1, 0.15) is 6.61 Å². The SMILES string of the molecule is CC(CN)CCCNC(=O)COC(C)(C)C. The maximum atomic E-state index is 11.3. The van der Waals surface area contributed by atoms with Crippen LogP contribution in [-0.2, 0) is 9.53 Å². The molecule has 96 valence electrons. The molecule has 0 fully saturated rings. The van der Waals surface area contributed by atoms with Gasteiger partial charge in [-0.05, 0) is 46.1 Å². The van der Waals surface area contributed by atoms with Gasteiger partial charge in [0.25, 0.3) is 0 Å². The number of amides is 1. The Morgan fingerprint density at radius 1 is 1.44 bits per heavy atom. The molecule has 0 aliphatic heterocycles. The summed E-state index contributed by atoms with van der Waals surface area (Å²) in [6.45, 7) is 9.47. The molecule has 4 heteroatoms. The molecular formula is C12H26N2O2. The third-order valence-corrected chi connectivity index (χ3v) is 2.23. The molecule has 0 bridgehead atoms. The first-order valence-electron chi connectivity index (χ1n) is 5.96. The first-order valence-corrected chi connectivity index (χ1v) is 5.96. The molecule has 0 aromatic carbocycles. The van der Waals surface area contributed by atoms with Gasteiger partial charge in [-0.1, -0.05) is 6.92 Å². The zero-order chi connectivity index (χ0) is 12.6. The van der Waals surface area contributed by atoms with Gasteiger partial charge in [-0.25, -0.2) is 0 Å². The largest absolute Gasteiger partial charge is 0.366 e. The van der Waals surface area contributed by atoms with Crippen LogP contribution < -0.4 is 11.1 Å². The second-order valence-corrected chi connectivity index (χ2v) is 5.23. The molecule has 1 unspecified atom stereocenters. The van der Waals surface area contributed by atoms with Gasteiger partial charge in [0.15, 0.2) is 0 Å². The molecule has 0 saturated carbocycles. The van der Waals surface area contributed by atoms with Crippen LogP contribution in [0.25, 0.3) is 0 Å². The Morgan fingerprint density at radius 2 is 2.06 bits per heavy atom. The summed E-state index contributed by atoms with van der Waals surface area (Å²) in [7, 11) is 0. The maximum absolute atomic E-state index is 11.3. The predicted molar refractivity (Wildman–Crippen MR) is 66.2 cm³/mol. The minimum absolute atomic E-state index is 0.0460. The van der Waals surface area contributed by atoms with E-state index in [4.69, 9.17) is 10.5 Å². The van der Waals surface area contributed by atoms with Crippen LogP contribution in [0.15, 0.2) is 0 Å².